The molecule has 0 aliphatic rings. The molecule has 0 radical (unpaired) electrons. The van der Waals surface area contributed by atoms with Gasteiger partial charge < -0.3 is 9.84 Å². The van der Waals surface area contributed by atoms with E-state index in [4.69, 9.17) is 9.84 Å². The second-order valence-corrected chi connectivity index (χ2v) is 6.43. The number of hydrogen-bond donors (Lipinski definition) is 1. The summed E-state index contributed by atoms with van der Waals surface area (Å²) in [5.41, 5.74) is 2.37. The van der Waals surface area contributed by atoms with Gasteiger partial charge in [0.15, 0.2) is 5.78 Å². The van der Waals surface area contributed by atoms with Gasteiger partial charge in [0.1, 0.15) is 5.75 Å². The average Bonchev–Trinajstić information content (AvgIpc) is 3.05. The molecule has 1 N–H and O–H groups in total. The zero-order valence-electron chi connectivity index (χ0n) is 12.5. The largest absolute Gasteiger partial charge is 0.496 e. The van der Waals surface area contributed by atoms with Gasteiger partial charge in [0, 0.05) is 16.9 Å². The fourth-order valence-electron chi connectivity index (χ4n) is 1.93. The number of hydrogen-bond acceptors (Lipinski definition) is 5. The number of allylic oxidation sites excluding steroid dienone is 1. The summed E-state index contributed by atoms with van der Waals surface area (Å²) in [7, 11) is 1.55. The lowest BCUT2D eigenvalue weighted by atomic mass is 10.1. The van der Waals surface area contributed by atoms with Crippen molar-refractivity contribution < 1.29 is 19.4 Å². The third kappa shape index (κ3) is 5.26. The minimum Gasteiger partial charge on any atom is -0.496 e. The van der Waals surface area contributed by atoms with Crippen molar-refractivity contribution in [1.82, 2.24) is 0 Å². The number of ketones is 1. The van der Waals surface area contributed by atoms with Crippen LogP contribution in [0.1, 0.15) is 21.5 Å². The van der Waals surface area contributed by atoms with Crippen LogP contribution in [0.15, 0.2) is 41.1 Å². The van der Waals surface area contributed by atoms with E-state index < -0.39 is 5.97 Å². The fourth-order valence-corrected chi connectivity index (χ4v) is 3.28. The van der Waals surface area contributed by atoms with Gasteiger partial charge in [-0.3, -0.25) is 9.59 Å². The van der Waals surface area contributed by atoms with Gasteiger partial charge in [-0.15, -0.1) is 11.8 Å². The molecule has 0 fully saturated rings. The normalized spacial score (nSPS) is 10.8. The first-order chi connectivity index (χ1) is 11.1. The Morgan fingerprint density at radius 2 is 2.17 bits per heavy atom. The van der Waals surface area contributed by atoms with Gasteiger partial charge in [0.25, 0.3) is 0 Å². The highest BCUT2D eigenvalue weighted by Crippen LogP contribution is 2.25. The molecule has 23 heavy (non-hydrogen) atoms. The van der Waals surface area contributed by atoms with Crippen LogP contribution < -0.4 is 4.74 Å². The number of carbonyl (C=O) groups excluding carboxylic acids is 1. The molecule has 0 saturated carbocycles. The molecule has 0 bridgehead atoms. The number of carboxylic acid groups (broad SMARTS) is 1. The lowest BCUT2D eigenvalue weighted by molar-refractivity contribution is -0.133. The molecule has 0 amide bonds. The van der Waals surface area contributed by atoms with Gasteiger partial charge in [-0.2, -0.15) is 11.3 Å². The molecule has 0 aliphatic heterocycles. The predicted octanol–water partition coefficient (Wildman–Crippen LogP) is 3.97. The van der Waals surface area contributed by atoms with Crippen molar-refractivity contribution in [2.24, 2.45) is 0 Å². The maximum Gasteiger partial charge on any atom is 0.313 e. The first kappa shape index (κ1) is 17.3. The summed E-state index contributed by atoms with van der Waals surface area (Å²) >= 11 is 2.84. The third-order valence-electron chi connectivity index (χ3n) is 3.02. The summed E-state index contributed by atoms with van der Waals surface area (Å²) in [4.78, 5) is 22.9. The number of thioether (sulfide) groups is 1. The van der Waals surface area contributed by atoms with E-state index in [-0.39, 0.29) is 11.5 Å². The summed E-state index contributed by atoms with van der Waals surface area (Å²) in [5.74, 6) is 0.189. The molecule has 1 aromatic carbocycles. The van der Waals surface area contributed by atoms with Crippen LogP contribution in [-0.4, -0.2) is 29.7 Å². The van der Waals surface area contributed by atoms with Crippen LogP contribution in [0.3, 0.4) is 0 Å². The van der Waals surface area contributed by atoms with Crippen LogP contribution in [0.2, 0.25) is 0 Å². The highest BCUT2D eigenvalue weighted by Gasteiger charge is 2.09. The van der Waals surface area contributed by atoms with E-state index in [1.165, 1.54) is 17.8 Å². The van der Waals surface area contributed by atoms with Gasteiger partial charge in [0.05, 0.1) is 12.9 Å². The van der Waals surface area contributed by atoms with E-state index in [9.17, 15) is 9.59 Å². The van der Waals surface area contributed by atoms with E-state index in [1.807, 2.05) is 16.8 Å². The van der Waals surface area contributed by atoms with Crippen molar-refractivity contribution in [3.63, 3.8) is 0 Å². The molecule has 2 rings (SSSR count). The topological polar surface area (TPSA) is 63.6 Å². The quantitative estimate of drug-likeness (QED) is 0.578. The first-order valence-corrected chi connectivity index (χ1v) is 8.91. The summed E-state index contributed by atoms with van der Waals surface area (Å²) in [6.45, 7) is 0. The Hall–Kier alpha value is -2.05. The SMILES string of the molecule is COc1ccc(C(=O)/C=C/c2ccsc2)cc1CSCC(=O)O. The number of rotatable bonds is 8. The molecule has 2 aromatic rings. The Bertz CT molecular complexity index is 705. The van der Waals surface area contributed by atoms with Crippen molar-refractivity contribution >= 4 is 40.9 Å². The van der Waals surface area contributed by atoms with Crippen LogP contribution >= 0.6 is 23.1 Å². The molecule has 0 spiro atoms. The smallest absolute Gasteiger partial charge is 0.313 e. The summed E-state index contributed by atoms with van der Waals surface area (Å²) in [6, 6.07) is 7.15. The van der Waals surface area contributed by atoms with Crippen molar-refractivity contribution in [1.29, 1.82) is 0 Å². The van der Waals surface area contributed by atoms with Gasteiger partial charge in [-0.05, 0) is 46.7 Å². The minimum absolute atomic E-state index is 0.0133. The molecule has 120 valence electrons. The summed E-state index contributed by atoms with van der Waals surface area (Å²) in [6.07, 6.45) is 3.32. The van der Waals surface area contributed by atoms with Gasteiger partial charge >= 0.3 is 5.97 Å². The second kappa shape index (κ2) is 8.55. The van der Waals surface area contributed by atoms with Crippen LogP contribution in [-0.2, 0) is 10.5 Å². The van der Waals surface area contributed by atoms with Crippen LogP contribution in [0, 0.1) is 0 Å². The predicted molar refractivity (Wildman–Crippen MR) is 94.5 cm³/mol. The molecule has 1 aromatic heterocycles. The average molecular weight is 348 g/mol. The van der Waals surface area contributed by atoms with E-state index in [1.54, 1.807) is 42.7 Å². The molecular formula is C17H16O4S2. The van der Waals surface area contributed by atoms with Crippen LogP contribution in [0.4, 0.5) is 0 Å². The zero-order chi connectivity index (χ0) is 16.7. The van der Waals surface area contributed by atoms with Crippen molar-refractivity contribution in [2.45, 2.75) is 5.75 Å². The Labute approximate surface area is 142 Å². The van der Waals surface area contributed by atoms with E-state index in [0.717, 1.165) is 11.1 Å². The lowest BCUT2D eigenvalue weighted by Gasteiger charge is -2.09. The molecule has 0 saturated heterocycles. The number of thiophene rings is 1. The first-order valence-electron chi connectivity index (χ1n) is 6.81. The standard InChI is InChI=1S/C17H16O4S2/c1-21-16-5-3-13(8-14(16)10-23-11-17(19)20)15(18)4-2-12-6-7-22-9-12/h2-9H,10-11H2,1H3,(H,19,20)/b4-2+. The van der Waals surface area contributed by atoms with Crippen molar-refractivity contribution in [3.05, 3.63) is 57.8 Å². The Kier molecular flexibility index (Phi) is 6.43. The summed E-state index contributed by atoms with van der Waals surface area (Å²) < 4.78 is 5.27. The molecule has 1 heterocycles. The maximum absolute atomic E-state index is 12.2. The number of aliphatic carboxylic acids is 1. The van der Waals surface area contributed by atoms with Crippen molar-refractivity contribution in [3.8, 4) is 5.75 Å². The van der Waals surface area contributed by atoms with E-state index >= 15 is 0 Å². The minimum atomic E-state index is -0.861. The number of ether oxygens (including phenoxy) is 1. The van der Waals surface area contributed by atoms with Gasteiger partial charge in [0.2, 0.25) is 0 Å². The molecule has 0 aliphatic carbocycles. The second-order valence-electron chi connectivity index (χ2n) is 4.67. The summed E-state index contributed by atoms with van der Waals surface area (Å²) in [5, 5.41) is 12.6. The highest BCUT2D eigenvalue weighted by atomic mass is 32.2. The number of benzene rings is 1. The van der Waals surface area contributed by atoms with Gasteiger partial charge in [-0.1, -0.05) is 6.08 Å². The zero-order valence-corrected chi connectivity index (χ0v) is 14.2. The number of carboxylic acids is 1. The molecule has 4 nitrogen and oxygen atoms in total. The number of methoxy groups -OCH3 is 1. The van der Waals surface area contributed by atoms with E-state index in [0.29, 0.717) is 17.1 Å². The molecule has 6 heteroatoms. The molecular weight excluding hydrogens is 332 g/mol. The Balaban J connectivity index is 2.12. The lowest BCUT2D eigenvalue weighted by Crippen LogP contribution is -2.01. The Morgan fingerprint density at radius 1 is 1.35 bits per heavy atom. The van der Waals surface area contributed by atoms with Gasteiger partial charge in [-0.25, -0.2) is 0 Å². The van der Waals surface area contributed by atoms with Crippen LogP contribution in [0.25, 0.3) is 6.08 Å². The van der Waals surface area contributed by atoms with Crippen LogP contribution in [0.5, 0.6) is 5.75 Å². The Morgan fingerprint density at radius 3 is 2.83 bits per heavy atom. The number of carbonyl (C=O) groups is 2. The highest BCUT2D eigenvalue weighted by molar-refractivity contribution is 7.99. The molecule has 0 unspecified atom stereocenters. The monoisotopic (exact) mass is 348 g/mol. The fraction of sp³-hybridized carbons (Fsp3) is 0.176. The third-order valence-corrected chi connectivity index (χ3v) is 4.69. The van der Waals surface area contributed by atoms with Crippen molar-refractivity contribution in [2.75, 3.05) is 12.9 Å². The molecule has 0 atom stereocenters. The maximum atomic E-state index is 12.2. The van der Waals surface area contributed by atoms with E-state index in [2.05, 4.69) is 0 Å².